The number of nitrogens with zero attached hydrogens (tertiary/aromatic N) is 2. The number of amides is 2. The molecule has 1 fully saturated rings. The van der Waals surface area contributed by atoms with Gasteiger partial charge in [-0.1, -0.05) is 11.6 Å². The first kappa shape index (κ1) is 23.0. The van der Waals surface area contributed by atoms with Crippen molar-refractivity contribution in [3.63, 3.8) is 0 Å². The number of piperidine rings is 1. The summed E-state index contributed by atoms with van der Waals surface area (Å²) >= 11 is 5.96. The maximum atomic E-state index is 12.7. The van der Waals surface area contributed by atoms with Crippen molar-refractivity contribution in [1.82, 2.24) is 10.3 Å². The minimum absolute atomic E-state index is 0.110. The molecule has 2 N–H and O–H groups in total. The number of carbonyl (C=O) groups excluding carboxylic acids is 1. The lowest BCUT2D eigenvalue weighted by Crippen LogP contribution is -2.46. The summed E-state index contributed by atoms with van der Waals surface area (Å²) in [6, 6.07) is 4.09. The molecular formula is C19H17ClF6N4O. The number of anilines is 2. The lowest BCUT2D eigenvalue weighted by atomic mass is 10.1. The first-order valence-corrected chi connectivity index (χ1v) is 9.54. The van der Waals surface area contributed by atoms with Crippen LogP contribution in [0.3, 0.4) is 0 Å². The van der Waals surface area contributed by atoms with Crippen LogP contribution in [0.4, 0.5) is 42.6 Å². The van der Waals surface area contributed by atoms with Gasteiger partial charge < -0.3 is 15.5 Å². The summed E-state index contributed by atoms with van der Waals surface area (Å²) in [7, 11) is 0. The maximum Gasteiger partial charge on any atom is 0.417 e. The Bertz CT molecular complexity index is 924. The lowest BCUT2D eigenvalue weighted by molar-refractivity contribution is -0.138. The molecular weight excluding hydrogens is 450 g/mol. The molecule has 12 heteroatoms. The van der Waals surface area contributed by atoms with E-state index < -0.39 is 29.5 Å². The van der Waals surface area contributed by atoms with E-state index in [1.54, 1.807) is 4.90 Å². The summed E-state index contributed by atoms with van der Waals surface area (Å²) in [5.74, 6) is 0.238. The monoisotopic (exact) mass is 466 g/mol. The van der Waals surface area contributed by atoms with Gasteiger partial charge in [0.05, 0.1) is 16.1 Å². The van der Waals surface area contributed by atoms with Gasteiger partial charge in [0.25, 0.3) is 0 Å². The van der Waals surface area contributed by atoms with Crippen molar-refractivity contribution >= 4 is 29.1 Å². The van der Waals surface area contributed by atoms with Crippen molar-refractivity contribution in [2.24, 2.45) is 0 Å². The largest absolute Gasteiger partial charge is 0.417 e. The molecule has 2 aromatic rings. The summed E-state index contributed by atoms with van der Waals surface area (Å²) < 4.78 is 75.9. The quantitative estimate of drug-likeness (QED) is 0.582. The molecule has 3 rings (SSSR count). The Morgan fingerprint density at radius 1 is 1.00 bits per heavy atom. The SMILES string of the molecule is O=C(Nc1ccc(C(F)(F)F)cc1)NC1CCN(c2ncc(C(F)(F)F)cc2Cl)CC1. The van der Waals surface area contributed by atoms with E-state index >= 15 is 0 Å². The Morgan fingerprint density at radius 3 is 2.10 bits per heavy atom. The second-order valence-corrected chi connectivity index (χ2v) is 7.37. The normalized spacial score (nSPS) is 15.6. The number of hydrogen-bond donors (Lipinski definition) is 2. The van der Waals surface area contributed by atoms with E-state index in [0.29, 0.717) is 25.9 Å². The first-order valence-electron chi connectivity index (χ1n) is 9.16. The molecule has 1 aromatic carbocycles. The summed E-state index contributed by atoms with van der Waals surface area (Å²) in [4.78, 5) is 17.7. The first-order chi connectivity index (χ1) is 14.4. The van der Waals surface area contributed by atoms with Gasteiger partial charge in [-0.05, 0) is 43.2 Å². The van der Waals surface area contributed by atoms with Gasteiger partial charge >= 0.3 is 18.4 Å². The fourth-order valence-corrected chi connectivity index (χ4v) is 3.44. The van der Waals surface area contributed by atoms with Crippen molar-refractivity contribution < 1.29 is 31.1 Å². The molecule has 0 atom stereocenters. The Hall–Kier alpha value is -2.69. The van der Waals surface area contributed by atoms with Crippen LogP contribution in [0.1, 0.15) is 24.0 Å². The van der Waals surface area contributed by atoms with E-state index in [1.165, 1.54) is 0 Å². The highest BCUT2D eigenvalue weighted by atomic mass is 35.5. The fourth-order valence-electron chi connectivity index (χ4n) is 3.15. The molecule has 1 aliphatic heterocycles. The van der Waals surface area contributed by atoms with Gasteiger partial charge in [-0.25, -0.2) is 9.78 Å². The molecule has 0 unspecified atom stereocenters. The molecule has 0 saturated carbocycles. The average molecular weight is 467 g/mol. The molecule has 0 aliphatic carbocycles. The number of urea groups is 1. The van der Waals surface area contributed by atoms with E-state index in [4.69, 9.17) is 11.6 Å². The van der Waals surface area contributed by atoms with Crippen molar-refractivity contribution in [2.75, 3.05) is 23.3 Å². The summed E-state index contributed by atoms with van der Waals surface area (Å²) in [6.45, 7) is 0.812. The van der Waals surface area contributed by atoms with Gasteiger partial charge in [0.2, 0.25) is 0 Å². The molecule has 1 aliphatic rings. The number of nitrogens with one attached hydrogen (secondary N) is 2. The Labute approximate surface area is 178 Å². The van der Waals surface area contributed by atoms with Gasteiger partial charge in [0.1, 0.15) is 5.82 Å². The van der Waals surface area contributed by atoms with Gasteiger partial charge in [0, 0.05) is 31.0 Å². The van der Waals surface area contributed by atoms with E-state index in [-0.39, 0.29) is 22.6 Å². The molecule has 31 heavy (non-hydrogen) atoms. The zero-order valence-electron chi connectivity index (χ0n) is 15.8. The van der Waals surface area contributed by atoms with E-state index in [2.05, 4.69) is 15.6 Å². The third-order valence-corrected chi connectivity index (χ3v) is 5.03. The molecule has 2 heterocycles. The van der Waals surface area contributed by atoms with Crippen LogP contribution in [0, 0.1) is 0 Å². The van der Waals surface area contributed by atoms with Crippen LogP contribution in [0.5, 0.6) is 0 Å². The molecule has 0 bridgehead atoms. The third-order valence-electron chi connectivity index (χ3n) is 4.75. The molecule has 0 spiro atoms. The van der Waals surface area contributed by atoms with Crippen LogP contribution < -0.4 is 15.5 Å². The Kier molecular flexibility index (Phi) is 6.54. The minimum atomic E-state index is -4.54. The second kappa shape index (κ2) is 8.81. The van der Waals surface area contributed by atoms with E-state index in [1.807, 2.05) is 0 Å². The smallest absolute Gasteiger partial charge is 0.355 e. The molecule has 5 nitrogen and oxygen atoms in total. The number of benzene rings is 1. The maximum absolute atomic E-state index is 12.7. The molecule has 1 saturated heterocycles. The molecule has 0 radical (unpaired) electrons. The highest BCUT2D eigenvalue weighted by Crippen LogP contribution is 2.34. The zero-order chi connectivity index (χ0) is 22.8. The van der Waals surface area contributed by atoms with E-state index in [0.717, 1.165) is 36.5 Å². The summed E-state index contributed by atoms with van der Waals surface area (Å²) in [5, 5.41) is 5.09. The topological polar surface area (TPSA) is 57.3 Å². The van der Waals surface area contributed by atoms with E-state index in [9.17, 15) is 31.1 Å². The number of aromatic nitrogens is 1. The lowest BCUT2D eigenvalue weighted by Gasteiger charge is -2.33. The number of halogens is 7. The predicted molar refractivity (Wildman–Crippen MR) is 103 cm³/mol. The standard InChI is InChI=1S/C19H17ClF6N4O/c20-15-9-12(19(24,25)26)10-27-16(15)30-7-5-14(6-8-30)29-17(31)28-13-3-1-11(2-4-13)18(21,22)23/h1-4,9-10,14H,5-8H2,(H2,28,29,31). The third kappa shape index (κ3) is 5.93. The van der Waals surface area contributed by atoms with Crippen molar-refractivity contribution in [1.29, 1.82) is 0 Å². The van der Waals surface area contributed by atoms with Crippen LogP contribution in [0.15, 0.2) is 36.5 Å². The van der Waals surface area contributed by atoms with Crippen LogP contribution in [0.2, 0.25) is 5.02 Å². The fraction of sp³-hybridized carbons (Fsp3) is 0.368. The minimum Gasteiger partial charge on any atom is -0.355 e. The average Bonchev–Trinajstić information content (AvgIpc) is 2.67. The number of carbonyl (C=O) groups is 1. The Morgan fingerprint density at radius 2 is 1.58 bits per heavy atom. The highest BCUT2D eigenvalue weighted by molar-refractivity contribution is 6.33. The Balaban J connectivity index is 1.51. The van der Waals surface area contributed by atoms with Crippen LogP contribution in [0.25, 0.3) is 0 Å². The van der Waals surface area contributed by atoms with Crippen LogP contribution in [-0.2, 0) is 12.4 Å². The molecule has 2 amide bonds. The number of hydrogen-bond acceptors (Lipinski definition) is 3. The van der Waals surface area contributed by atoms with Gasteiger partial charge in [0.15, 0.2) is 0 Å². The second-order valence-electron chi connectivity index (χ2n) is 6.96. The highest BCUT2D eigenvalue weighted by Gasteiger charge is 2.33. The van der Waals surface area contributed by atoms with Gasteiger partial charge in [-0.15, -0.1) is 0 Å². The van der Waals surface area contributed by atoms with Crippen molar-refractivity contribution in [3.05, 3.63) is 52.7 Å². The zero-order valence-corrected chi connectivity index (χ0v) is 16.6. The molecule has 168 valence electrons. The summed E-state index contributed by atoms with van der Waals surface area (Å²) in [5.41, 5.74) is -1.54. The van der Waals surface area contributed by atoms with Crippen LogP contribution in [-0.4, -0.2) is 30.1 Å². The van der Waals surface area contributed by atoms with Gasteiger partial charge in [-0.2, -0.15) is 26.3 Å². The van der Waals surface area contributed by atoms with Crippen LogP contribution >= 0.6 is 11.6 Å². The van der Waals surface area contributed by atoms with Gasteiger partial charge in [-0.3, -0.25) is 0 Å². The predicted octanol–water partition coefficient (Wildman–Crippen LogP) is 5.56. The summed E-state index contributed by atoms with van der Waals surface area (Å²) in [6.07, 6.45) is -7.30. The van der Waals surface area contributed by atoms with Crippen molar-refractivity contribution in [2.45, 2.75) is 31.2 Å². The number of pyridine rings is 1. The number of rotatable bonds is 3. The van der Waals surface area contributed by atoms with Crippen molar-refractivity contribution in [3.8, 4) is 0 Å². The molecule has 1 aromatic heterocycles. The number of alkyl halides is 6.